The molecule has 6 aromatic rings. The van der Waals surface area contributed by atoms with Gasteiger partial charge in [-0.25, -0.2) is 32.4 Å². The summed E-state index contributed by atoms with van der Waals surface area (Å²) in [7, 11) is 3.60. The number of benzene rings is 6. The summed E-state index contributed by atoms with van der Waals surface area (Å²) in [4.78, 5) is 25.4. The van der Waals surface area contributed by atoms with Crippen LogP contribution in [-0.2, 0) is 0 Å². The van der Waals surface area contributed by atoms with Crippen molar-refractivity contribution < 1.29 is 17.6 Å². The zero-order chi connectivity index (χ0) is 40.6. The van der Waals surface area contributed by atoms with Gasteiger partial charge in [-0.3, -0.25) is 0 Å². The molecule has 290 valence electrons. The Labute approximate surface area is 337 Å². The summed E-state index contributed by atoms with van der Waals surface area (Å²) >= 11 is 0. The average Bonchev–Trinajstić information content (AvgIpc) is 3.26. The van der Waals surface area contributed by atoms with Gasteiger partial charge in [0.15, 0.2) is 11.7 Å². The molecule has 3 heterocycles. The summed E-state index contributed by atoms with van der Waals surface area (Å²) in [5.41, 5.74) is 6.98. The number of hydrogen-bond acceptors (Lipinski definition) is 9. The molecule has 0 bridgehead atoms. The fourth-order valence-corrected chi connectivity index (χ4v) is 7.09. The van der Waals surface area contributed by atoms with Crippen molar-refractivity contribution in [1.82, 2.24) is 4.90 Å². The van der Waals surface area contributed by atoms with Gasteiger partial charge >= 0.3 is 0 Å². The molecular weight excluding hydrogens is 755 g/mol. The molecule has 0 atom stereocenters. The third kappa shape index (κ3) is 7.10. The van der Waals surface area contributed by atoms with E-state index in [2.05, 4.69) is 10.6 Å². The first-order chi connectivity index (χ1) is 28.8. The van der Waals surface area contributed by atoms with Crippen molar-refractivity contribution >= 4 is 69.0 Å². The highest BCUT2D eigenvalue weighted by Crippen LogP contribution is 2.39. The number of guanidine groups is 1. The average molecular weight is 788 g/mol. The molecule has 3 aliphatic rings. The lowest BCUT2D eigenvalue weighted by Gasteiger charge is -2.32. The van der Waals surface area contributed by atoms with E-state index in [-0.39, 0.29) is 23.3 Å². The second-order valence-corrected chi connectivity index (χ2v) is 13.5. The number of nitrogens with zero attached hydrogens (tertiary/aromatic N) is 7. The molecule has 0 fully saturated rings. The number of allylic oxidation sites excluding steroid dienone is 2. The number of amidine groups is 3. The van der Waals surface area contributed by atoms with Crippen molar-refractivity contribution in [2.75, 3.05) is 34.5 Å². The minimum absolute atomic E-state index is 0.362. The van der Waals surface area contributed by atoms with Gasteiger partial charge in [0.05, 0.1) is 0 Å². The Morgan fingerprint density at radius 1 is 0.458 bits per heavy atom. The number of aliphatic imine (C=N–C) groups is 4. The smallest absolute Gasteiger partial charge is 0.241 e. The first kappa shape index (κ1) is 36.8. The van der Waals surface area contributed by atoms with Crippen LogP contribution in [0.15, 0.2) is 177 Å². The highest BCUT2D eigenvalue weighted by Gasteiger charge is 2.32. The van der Waals surface area contributed by atoms with E-state index in [4.69, 9.17) is 20.0 Å². The van der Waals surface area contributed by atoms with Crippen molar-refractivity contribution in [3.63, 3.8) is 0 Å². The van der Waals surface area contributed by atoms with Crippen molar-refractivity contribution in [3.8, 4) is 0 Å². The van der Waals surface area contributed by atoms with Gasteiger partial charge in [-0.15, -0.1) is 0 Å². The molecule has 2 N–H and O–H groups in total. The van der Waals surface area contributed by atoms with Gasteiger partial charge in [0.2, 0.25) is 5.96 Å². The lowest BCUT2D eigenvalue weighted by molar-refractivity contribution is 0.627. The summed E-state index contributed by atoms with van der Waals surface area (Å²) < 4.78 is 55.9. The van der Waals surface area contributed by atoms with Crippen LogP contribution < -0.4 is 20.4 Å². The van der Waals surface area contributed by atoms with Crippen LogP contribution in [-0.4, -0.2) is 42.5 Å². The molecular formula is C46H33F4N9. The predicted octanol–water partition coefficient (Wildman–Crippen LogP) is 11.0. The number of nitrogens with one attached hydrogen (secondary N) is 2. The van der Waals surface area contributed by atoms with Gasteiger partial charge in [0, 0.05) is 70.7 Å². The third-order valence-corrected chi connectivity index (χ3v) is 9.88. The summed E-state index contributed by atoms with van der Waals surface area (Å²) in [5.74, 6) is 0.864. The van der Waals surface area contributed by atoms with Crippen LogP contribution in [0, 0.1) is 23.3 Å². The van der Waals surface area contributed by atoms with E-state index >= 15 is 0 Å². The van der Waals surface area contributed by atoms with Gasteiger partial charge in [0.1, 0.15) is 34.9 Å². The molecule has 3 aliphatic heterocycles. The van der Waals surface area contributed by atoms with E-state index in [9.17, 15) is 17.6 Å². The van der Waals surface area contributed by atoms with Crippen LogP contribution in [0.4, 0.5) is 63.1 Å². The zero-order valence-corrected chi connectivity index (χ0v) is 31.6. The molecule has 9 rings (SSSR count). The van der Waals surface area contributed by atoms with E-state index in [0.717, 1.165) is 11.4 Å². The normalized spacial score (nSPS) is 14.0. The molecule has 9 nitrogen and oxygen atoms in total. The Hall–Kier alpha value is -7.80. The molecule has 59 heavy (non-hydrogen) atoms. The molecule has 0 unspecified atom stereocenters. The number of rotatable bonds is 10. The Morgan fingerprint density at radius 2 is 0.847 bits per heavy atom. The van der Waals surface area contributed by atoms with Gasteiger partial charge in [0.25, 0.3) is 0 Å². The minimum atomic E-state index is -0.370. The Morgan fingerprint density at radius 3 is 1.25 bits per heavy atom. The molecule has 0 aromatic heterocycles. The van der Waals surface area contributed by atoms with E-state index in [1.807, 2.05) is 64.4 Å². The highest BCUT2D eigenvalue weighted by molar-refractivity contribution is 6.26. The molecule has 0 aliphatic carbocycles. The van der Waals surface area contributed by atoms with E-state index in [1.165, 1.54) is 48.5 Å². The molecule has 0 saturated heterocycles. The molecule has 6 aromatic carbocycles. The first-order valence-corrected chi connectivity index (χ1v) is 18.6. The lowest BCUT2D eigenvalue weighted by atomic mass is 10.1. The second kappa shape index (κ2) is 15.3. The van der Waals surface area contributed by atoms with Crippen LogP contribution in [0.5, 0.6) is 0 Å². The SMILES string of the molecule is CNc1cc(N(c2ccc(F)cc2)c2ccc(F)cc2)ccc1C1=NC2=CC=CC3=NC(c4ccc(N(c5ccc(F)cc5)c5ccc(F)cc5)cc4NC)=NC(=N1)N23. The van der Waals surface area contributed by atoms with Gasteiger partial charge in [-0.05, 0) is 146 Å². The number of halogens is 4. The maximum absolute atomic E-state index is 14.0. The van der Waals surface area contributed by atoms with Crippen LogP contribution in [0.25, 0.3) is 0 Å². The highest BCUT2D eigenvalue weighted by atomic mass is 19.1. The Balaban J connectivity index is 1.09. The van der Waals surface area contributed by atoms with Crippen molar-refractivity contribution in [2.24, 2.45) is 20.0 Å². The predicted molar refractivity (Wildman–Crippen MR) is 228 cm³/mol. The van der Waals surface area contributed by atoms with E-state index in [0.29, 0.717) is 74.5 Å². The van der Waals surface area contributed by atoms with Crippen LogP contribution in [0.2, 0.25) is 0 Å². The Kier molecular flexibility index (Phi) is 9.53. The maximum Gasteiger partial charge on any atom is 0.241 e. The van der Waals surface area contributed by atoms with Crippen molar-refractivity contribution in [3.05, 3.63) is 192 Å². The lowest BCUT2D eigenvalue weighted by Crippen LogP contribution is -2.41. The fraction of sp³-hybridized carbons (Fsp3) is 0.0435. The molecule has 0 saturated carbocycles. The quantitative estimate of drug-likeness (QED) is 0.135. The maximum atomic E-state index is 14.0. The standard InChI is InChI=1S/C46H33F4N9/c1-51-40-26-36(57(32-14-6-28(47)7-15-32)33-16-8-29(48)9-17-33)22-24-38(40)44-53-42-4-3-5-43-54-45(56-46(55-44)59(42)43)39-25-23-37(27-41(39)52-2)58(34-18-10-30(49)11-19-34)35-20-12-31(50)13-21-35/h3-27,51-52H,1-2H3. The molecule has 0 spiro atoms. The van der Waals surface area contributed by atoms with Crippen LogP contribution >= 0.6 is 0 Å². The topological polar surface area (TPSA) is 83.2 Å². The second-order valence-electron chi connectivity index (χ2n) is 13.5. The first-order valence-electron chi connectivity index (χ1n) is 18.6. The molecule has 0 radical (unpaired) electrons. The van der Waals surface area contributed by atoms with Crippen molar-refractivity contribution in [1.29, 1.82) is 0 Å². The van der Waals surface area contributed by atoms with E-state index < -0.39 is 0 Å². The summed E-state index contributed by atoms with van der Waals surface area (Å²) in [6.45, 7) is 0. The van der Waals surface area contributed by atoms with Crippen molar-refractivity contribution in [2.45, 2.75) is 0 Å². The summed E-state index contributed by atoms with van der Waals surface area (Å²) in [6, 6.07) is 35.8. The van der Waals surface area contributed by atoms with Gasteiger partial charge in [-0.1, -0.05) is 6.08 Å². The van der Waals surface area contributed by atoms with Gasteiger partial charge < -0.3 is 20.4 Å². The summed E-state index contributed by atoms with van der Waals surface area (Å²) in [6.07, 6.45) is 5.59. The number of anilines is 8. The zero-order valence-electron chi connectivity index (χ0n) is 31.6. The Bertz CT molecular complexity index is 2540. The largest absolute Gasteiger partial charge is 0.387 e. The fourth-order valence-electron chi connectivity index (χ4n) is 7.09. The number of hydrogen-bond donors (Lipinski definition) is 2. The summed E-state index contributed by atoms with van der Waals surface area (Å²) in [5, 5.41) is 6.55. The van der Waals surface area contributed by atoms with Gasteiger partial charge in [-0.2, -0.15) is 9.98 Å². The molecule has 13 heteroatoms. The third-order valence-electron chi connectivity index (χ3n) is 9.88. The minimum Gasteiger partial charge on any atom is -0.387 e. The van der Waals surface area contributed by atoms with E-state index in [1.54, 1.807) is 67.5 Å². The monoisotopic (exact) mass is 787 g/mol. The van der Waals surface area contributed by atoms with Crippen LogP contribution in [0.3, 0.4) is 0 Å². The molecule has 0 amide bonds. The van der Waals surface area contributed by atoms with Crippen LogP contribution in [0.1, 0.15) is 11.1 Å².